The van der Waals surface area contributed by atoms with Crippen LogP contribution >= 0.6 is 23.2 Å². The van der Waals surface area contributed by atoms with E-state index in [-0.39, 0.29) is 0 Å². The summed E-state index contributed by atoms with van der Waals surface area (Å²) in [6.45, 7) is 2.27. The van der Waals surface area contributed by atoms with Crippen molar-refractivity contribution in [3.63, 3.8) is 0 Å². The molecule has 0 saturated carbocycles. The molecule has 2 aliphatic rings. The molecule has 2 atom stereocenters. The number of hydrogen-bond acceptors (Lipinski definition) is 1. The molecule has 1 aliphatic heterocycles. The Morgan fingerprint density at radius 3 is 2.75 bits per heavy atom. The molecule has 0 aromatic heterocycles. The molecule has 1 aliphatic carbocycles. The van der Waals surface area contributed by atoms with Gasteiger partial charge in [0.05, 0.1) is 10.0 Å². The fourth-order valence-electron chi connectivity index (χ4n) is 2.69. The minimum absolute atomic E-state index is 0.630. The molecule has 0 amide bonds. The first-order valence-electron chi connectivity index (χ1n) is 5.61. The van der Waals surface area contributed by atoms with Crippen molar-refractivity contribution in [3.05, 3.63) is 39.9 Å². The zero-order valence-electron chi connectivity index (χ0n) is 8.84. The molecule has 1 aromatic rings. The topological polar surface area (TPSA) is 12.0 Å². The van der Waals surface area contributed by atoms with Crippen LogP contribution in [0.5, 0.6) is 0 Å². The summed E-state index contributed by atoms with van der Waals surface area (Å²) < 4.78 is 0. The predicted molar refractivity (Wildman–Crippen MR) is 68.9 cm³/mol. The Kier molecular flexibility index (Phi) is 2.70. The molecule has 3 rings (SSSR count). The summed E-state index contributed by atoms with van der Waals surface area (Å²) in [7, 11) is 0. The largest absolute Gasteiger partial charge is 0.316 e. The SMILES string of the molecule is Clc1ccc(C2=CC3CNCC3C2)cc1Cl. The van der Waals surface area contributed by atoms with Gasteiger partial charge in [-0.2, -0.15) is 0 Å². The Balaban J connectivity index is 1.90. The van der Waals surface area contributed by atoms with E-state index in [9.17, 15) is 0 Å². The molecule has 1 aromatic carbocycles. The van der Waals surface area contributed by atoms with Gasteiger partial charge in [-0.15, -0.1) is 0 Å². The van der Waals surface area contributed by atoms with Gasteiger partial charge in [0.15, 0.2) is 0 Å². The molecule has 84 valence electrons. The van der Waals surface area contributed by atoms with Crippen LogP contribution in [-0.2, 0) is 0 Å². The zero-order chi connectivity index (χ0) is 11.1. The second-order valence-corrected chi connectivity index (χ2v) is 5.42. The van der Waals surface area contributed by atoms with E-state index in [2.05, 4.69) is 17.5 Å². The molecule has 1 nitrogen and oxygen atoms in total. The summed E-state index contributed by atoms with van der Waals surface area (Å²) in [4.78, 5) is 0. The van der Waals surface area contributed by atoms with Crippen molar-refractivity contribution in [1.29, 1.82) is 0 Å². The molecule has 2 unspecified atom stereocenters. The quantitative estimate of drug-likeness (QED) is 0.807. The summed E-state index contributed by atoms with van der Waals surface area (Å²) >= 11 is 12.0. The number of hydrogen-bond donors (Lipinski definition) is 1. The second kappa shape index (κ2) is 4.06. The lowest BCUT2D eigenvalue weighted by Crippen LogP contribution is -2.09. The van der Waals surface area contributed by atoms with Crippen LogP contribution in [-0.4, -0.2) is 13.1 Å². The van der Waals surface area contributed by atoms with Crippen LogP contribution < -0.4 is 5.32 Å². The Bertz CT molecular complexity index is 453. The van der Waals surface area contributed by atoms with E-state index in [0.29, 0.717) is 16.0 Å². The van der Waals surface area contributed by atoms with Crippen molar-refractivity contribution in [2.75, 3.05) is 13.1 Å². The molecule has 1 heterocycles. The first kappa shape index (κ1) is 10.6. The maximum Gasteiger partial charge on any atom is 0.0598 e. The molecule has 1 N–H and O–H groups in total. The third-order valence-electron chi connectivity index (χ3n) is 3.58. The van der Waals surface area contributed by atoms with Gasteiger partial charge in [0.2, 0.25) is 0 Å². The Hall–Kier alpha value is -0.500. The van der Waals surface area contributed by atoms with Gasteiger partial charge in [-0.3, -0.25) is 0 Å². The molecular formula is C13H13Cl2N. The maximum absolute atomic E-state index is 6.04. The van der Waals surface area contributed by atoms with Gasteiger partial charge >= 0.3 is 0 Å². The average molecular weight is 254 g/mol. The number of rotatable bonds is 1. The van der Waals surface area contributed by atoms with Crippen LogP contribution in [0.2, 0.25) is 10.0 Å². The highest BCUT2D eigenvalue weighted by molar-refractivity contribution is 6.42. The van der Waals surface area contributed by atoms with E-state index in [0.717, 1.165) is 25.4 Å². The minimum atomic E-state index is 0.630. The van der Waals surface area contributed by atoms with E-state index in [1.807, 2.05) is 12.1 Å². The monoisotopic (exact) mass is 253 g/mol. The van der Waals surface area contributed by atoms with Gasteiger partial charge in [0, 0.05) is 6.54 Å². The third kappa shape index (κ3) is 1.77. The lowest BCUT2D eigenvalue weighted by atomic mass is 9.98. The molecule has 0 spiro atoms. The third-order valence-corrected chi connectivity index (χ3v) is 4.32. The van der Waals surface area contributed by atoms with E-state index in [1.165, 1.54) is 11.1 Å². The summed E-state index contributed by atoms with van der Waals surface area (Å²) in [5.41, 5.74) is 2.65. The fourth-order valence-corrected chi connectivity index (χ4v) is 2.99. The van der Waals surface area contributed by atoms with Crippen molar-refractivity contribution in [3.8, 4) is 0 Å². The number of allylic oxidation sites excluding steroid dienone is 1. The molecule has 0 bridgehead atoms. The van der Waals surface area contributed by atoms with Gasteiger partial charge in [-0.05, 0) is 48.1 Å². The van der Waals surface area contributed by atoms with Gasteiger partial charge < -0.3 is 5.32 Å². The first-order valence-corrected chi connectivity index (χ1v) is 6.36. The second-order valence-electron chi connectivity index (χ2n) is 4.61. The molecule has 0 radical (unpaired) electrons. The van der Waals surface area contributed by atoms with Crippen LogP contribution in [0.15, 0.2) is 24.3 Å². The fraction of sp³-hybridized carbons (Fsp3) is 0.385. The summed E-state index contributed by atoms with van der Waals surface area (Å²) in [5.74, 6) is 1.49. The summed E-state index contributed by atoms with van der Waals surface area (Å²) in [6, 6.07) is 5.92. The number of benzene rings is 1. The Labute approximate surface area is 105 Å². The molecule has 1 fully saturated rings. The van der Waals surface area contributed by atoms with Crippen molar-refractivity contribution in [2.45, 2.75) is 6.42 Å². The lowest BCUT2D eigenvalue weighted by molar-refractivity contribution is 0.536. The highest BCUT2D eigenvalue weighted by atomic mass is 35.5. The first-order chi connectivity index (χ1) is 7.74. The van der Waals surface area contributed by atoms with E-state index in [4.69, 9.17) is 23.2 Å². The number of fused-ring (bicyclic) bond motifs is 1. The maximum atomic E-state index is 6.04. The van der Waals surface area contributed by atoms with E-state index >= 15 is 0 Å². The highest BCUT2D eigenvalue weighted by Gasteiger charge is 2.31. The van der Waals surface area contributed by atoms with Crippen LogP contribution in [0.4, 0.5) is 0 Å². The summed E-state index contributed by atoms with van der Waals surface area (Å²) in [6.07, 6.45) is 3.56. The molecule has 16 heavy (non-hydrogen) atoms. The minimum Gasteiger partial charge on any atom is -0.316 e. The van der Waals surface area contributed by atoms with Crippen LogP contribution in [0.1, 0.15) is 12.0 Å². The van der Waals surface area contributed by atoms with Crippen LogP contribution in [0.3, 0.4) is 0 Å². The predicted octanol–water partition coefficient (Wildman–Crippen LogP) is 3.62. The lowest BCUT2D eigenvalue weighted by Gasteiger charge is -2.07. The van der Waals surface area contributed by atoms with Gasteiger partial charge in [-0.1, -0.05) is 35.3 Å². The van der Waals surface area contributed by atoms with E-state index < -0.39 is 0 Å². The van der Waals surface area contributed by atoms with Crippen LogP contribution in [0.25, 0.3) is 5.57 Å². The van der Waals surface area contributed by atoms with Gasteiger partial charge in [-0.25, -0.2) is 0 Å². The standard InChI is InChI=1S/C13H13Cl2N/c14-12-2-1-8(5-13(12)15)9-3-10-6-16-7-11(10)4-9/h1-3,5,10-11,16H,4,6-7H2. The molecule has 3 heteroatoms. The average Bonchev–Trinajstić information content (AvgIpc) is 2.81. The van der Waals surface area contributed by atoms with Crippen molar-refractivity contribution < 1.29 is 0 Å². The van der Waals surface area contributed by atoms with Crippen LogP contribution in [0, 0.1) is 11.8 Å². The number of nitrogens with one attached hydrogen (secondary N) is 1. The van der Waals surface area contributed by atoms with Crippen molar-refractivity contribution >= 4 is 28.8 Å². The van der Waals surface area contributed by atoms with Gasteiger partial charge in [0.1, 0.15) is 0 Å². The van der Waals surface area contributed by atoms with Crippen molar-refractivity contribution in [1.82, 2.24) is 5.32 Å². The Morgan fingerprint density at radius 2 is 2.00 bits per heavy atom. The van der Waals surface area contributed by atoms with E-state index in [1.54, 1.807) is 0 Å². The molecule has 1 saturated heterocycles. The zero-order valence-corrected chi connectivity index (χ0v) is 10.4. The summed E-state index contributed by atoms with van der Waals surface area (Å²) in [5, 5.41) is 4.70. The normalized spacial score (nSPS) is 28.0. The highest BCUT2D eigenvalue weighted by Crippen LogP contribution is 2.39. The smallest absolute Gasteiger partial charge is 0.0598 e. The number of halogens is 2. The van der Waals surface area contributed by atoms with Gasteiger partial charge in [0.25, 0.3) is 0 Å². The van der Waals surface area contributed by atoms with Crippen molar-refractivity contribution in [2.24, 2.45) is 11.8 Å². The Morgan fingerprint density at radius 1 is 1.12 bits per heavy atom. The molecular weight excluding hydrogens is 241 g/mol.